The maximum atomic E-state index is 13.4. The number of hydrogen-bond donors (Lipinski definition) is 2. The first kappa shape index (κ1) is 12.4. The molecule has 0 spiro atoms. The van der Waals surface area contributed by atoms with Crippen molar-refractivity contribution in [3.8, 4) is 0 Å². The third kappa shape index (κ3) is 2.48. The monoisotopic (exact) mass is 231 g/mol. The molecule has 1 aliphatic heterocycles. The highest BCUT2D eigenvalue weighted by atomic mass is 35.5. The molecule has 2 nitrogen and oxygen atoms in total. The Bertz CT molecular complexity index is 321. The fraction of sp³-hybridized carbons (Fsp3) is 0.455. The zero-order valence-electron chi connectivity index (χ0n) is 8.32. The second-order valence-corrected chi connectivity index (χ2v) is 3.73. The first-order valence-corrected chi connectivity index (χ1v) is 4.89. The molecule has 0 aliphatic carbocycles. The molecule has 0 unspecified atom stereocenters. The Labute approximate surface area is 94.9 Å². The second kappa shape index (κ2) is 5.45. The highest BCUT2D eigenvalue weighted by Crippen LogP contribution is 2.29. The van der Waals surface area contributed by atoms with Gasteiger partial charge in [0, 0.05) is 31.5 Å². The Hall–Kier alpha value is -0.640. The van der Waals surface area contributed by atoms with E-state index in [9.17, 15) is 4.39 Å². The summed E-state index contributed by atoms with van der Waals surface area (Å²) in [5.74, 6) is 0.0905. The van der Waals surface area contributed by atoms with Gasteiger partial charge in [-0.15, -0.1) is 12.4 Å². The van der Waals surface area contributed by atoms with Crippen molar-refractivity contribution in [2.75, 3.05) is 19.7 Å². The van der Waals surface area contributed by atoms with Crippen LogP contribution in [0.2, 0.25) is 0 Å². The molecule has 1 aliphatic rings. The lowest BCUT2D eigenvalue weighted by atomic mass is 9.89. The molecule has 4 heteroatoms. The van der Waals surface area contributed by atoms with Crippen LogP contribution in [0.5, 0.6) is 0 Å². The molecule has 15 heavy (non-hydrogen) atoms. The Morgan fingerprint density at radius 1 is 1.33 bits per heavy atom. The van der Waals surface area contributed by atoms with E-state index in [-0.39, 0.29) is 36.7 Å². The van der Waals surface area contributed by atoms with Crippen LogP contribution in [-0.4, -0.2) is 24.8 Å². The lowest BCUT2D eigenvalue weighted by Gasteiger charge is -2.16. The van der Waals surface area contributed by atoms with Gasteiger partial charge in [0.1, 0.15) is 5.82 Å². The van der Waals surface area contributed by atoms with E-state index >= 15 is 0 Å². The largest absolute Gasteiger partial charge is 0.396 e. The van der Waals surface area contributed by atoms with Gasteiger partial charge in [-0.3, -0.25) is 0 Å². The Kier molecular flexibility index (Phi) is 4.51. The minimum Gasteiger partial charge on any atom is -0.396 e. The normalized spacial score (nSPS) is 24.9. The van der Waals surface area contributed by atoms with Crippen LogP contribution < -0.4 is 5.32 Å². The number of nitrogens with one attached hydrogen (secondary N) is 1. The molecule has 2 rings (SSSR count). The first-order valence-electron chi connectivity index (χ1n) is 4.89. The van der Waals surface area contributed by atoms with Crippen molar-refractivity contribution in [2.45, 2.75) is 5.92 Å². The van der Waals surface area contributed by atoms with Crippen molar-refractivity contribution >= 4 is 12.4 Å². The van der Waals surface area contributed by atoms with E-state index in [0.29, 0.717) is 0 Å². The number of hydrogen-bond acceptors (Lipinski definition) is 2. The third-order valence-corrected chi connectivity index (χ3v) is 2.88. The summed E-state index contributed by atoms with van der Waals surface area (Å²) in [4.78, 5) is 0. The van der Waals surface area contributed by atoms with Gasteiger partial charge in [-0.25, -0.2) is 4.39 Å². The van der Waals surface area contributed by atoms with Crippen LogP contribution in [0, 0.1) is 11.7 Å². The molecule has 0 saturated carbocycles. The van der Waals surface area contributed by atoms with Gasteiger partial charge in [0.25, 0.3) is 0 Å². The molecular weight excluding hydrogens is 217 g/mol. The number of aliphatic hydroxyl groups excluding tert-OH is 1. The summed E-state index contributed by atoms with van der Waals surface area (Å²) in [6.07, 6.45) is 0. The van der Waals surface area contributed by atoms with Crippen molar-refractivity contribution < 1.29 is 9.50 Å². The van der Waals surface area contributed by atoms with E-state index in [4.69, 9.17) is 5.11 Å². The van der Waals surface area contributed by atoms with Crippen LogP contribution in [0.1, 0.15) is 11.5 Å². The summed E-state index contributed by atoms with van der Waals surface area (Å²) < 4.78 is 13.4. The smallest absolute Gasteiger partial charge is 0.126 e. The number of halogens is 2. The SMILES string of the molecule is Cl.OC[C@@H]1CNC[C@H]1c1ccccc1F. The van der Waals surface area contributed by atoms with Crippen molar-refractivity contribution in [1.82, 2.24) is 5.32 Å². The van der Waals surface area contributed by atoms with E-state index in [1.807, 2.05) is 6.07 Å². The molecule has 1 aromatic rings. The number of aliphatic hydroxyl groups is 1. The van der Waals surface area contributed by atoms with Gasteiger partial charge in [-0.05, 0) is 11.6 Å². The van der Waals surface area contributed by atoms with Gasteiger partial charge < -0.3 is 10.4 Å². The van der Waals surface area contributed by atoms with E-state index in [1.165, 1.54) is 6.07 Å². The van der Waals surface area contributed by atoms with E-state index < -0.39 is 0 Å². The zero-order valence-corrected chi connectivity index (χ0v) is 9.14. The highest BCUT2D eigenvalue weighted by molar-refractivity contribution is 5.85. The summed E-state index contributed by atoms with van der Waals surface area (Å²) in [6, 6.07) is 6.80. The number of rotatable bonds is 2. The molecule has 0 aromatic heterocycles. The van der Waals surface area contributed by atoms with Gasteiger partial charge in [-0.2, -0.15) is 0 Å². The molecule has 2 N–H and O–H groups in total. The molecular formula is C11H15ClFNO. The quantitative estimate of drug-likeness (QED) is 0.810. The van der Waals surface area contributed by atoms with Crippen LogP contribution in [0.15, 0.2) is 24.3 Å². The van der Waals surface area contributed by atoms with Gasteiger partial charge in [0.05, 0.1) is 0 Å². The minimum atomic E-state index is -0.167. The lowest BCUT2D eigenvalue weighted by Crippen LogP contribution is -2.15. The van der Waals surface area contributed by atoms with Crippen LogP contribution >= 0.6 is 12.4 Å². The molecule has 0 bridgehead atoms. The van der Waals surface area contributed by atoms with E-state index in [2.05, 4.69) is 5.32 Å². The fourth-order valence-electron chi connectivity index (χ4n) is 2.06. The van der Waals surface area contributed by atoms with Gasteiger partial charge in [0.15, 0.2) is 0 Å². The van der Waals surface area contributed by atoms with Crippen LogP contribution in [0.3, 0.4) is 0 Å². The van der Waals surface area contributed by atoms with Gasteiger partial charge in [0.2, 0.25) is 0 Å². The molecule has 1 saturated heterocycles. The van der Waals surface area contributed by atoms with Crippen molar-refractivity contribution in [2.24, 2.45) is 5.92 Å². The molecule has 1 aromatic carbocycles. The molecule has 84 valence electrons. The van der Waals surface area contributed by atoms with Crippen molar-refractivity contribution in [3.63, 3.8) is 0 Å². The maximum Gasteiger partial charge on any atom is 0.126 e. The summed E-state index contributed by atoms with van der Waals surface area (Å²) >= 11 is 0. The summed E-state index contributed by atoms with van der Waals surface area (Å²) in [6.45, 7) is 1.65. The predicted molar refractivity (Wildman–Crippen MR) is 59.8 cm³/mol. The summed E-state index contributed by atoms with van der Waals surface area (Å²) in [7, 11) is 0. The van der Waals surface area contributed by atoms with Crippen molar-refractivity contribution in [1.29, 1.82) is 0 Å². The average molecular weight is 232 g/mol. The zero-order chi connectivity index (χ0) is 9.97. The minimum absolute atomic E-state index is 0. The highest BCUT2D eigenvalue weighted by Gasteiger charge is 2.29. The van der Waals surface area contributed by atoms with E-state index in [0.717, 1.165) is 18.7 Å². The average Bonchev–Trinajstić information content (AvgIpc) is 2.66. The number of benzene rings is 1. The third-order valence-electron chi connectivity index (χ3n) is 2.88. The Morgan fingerprint density at radius 3 is 2.73 bits per heavy atom. The maximum absolute atomic E-state index is 13.4. The van der Waals surface area contributed by atoms with E-state index in [1.54, 1.807) is 12.1 Å². The second-order valence-electron chi connectivity index (χ2n) is 3.73. The fourth-order valence-corrected chi connectivity index (χ4v) is 2.06. The van der Waals surface area contributed by atoms with Crippen molar-refractivity contribution in [3.05, 3.63) is 35.6 Å². The molecule has 1 fully saturated rings. The molecule has 2 atom stereocenters. The van der Waals surface area contributed by atoms with Gasteiger partial charge in [-0.1, -0.05) is 18.2 Å². The molecule has 1 heterocycles. The standard InChI is InChI=1S/C11H14FNO.ClH/c12-11-4-2-1-3-9(11)10-6-13-5-8(10)7-14;/h1-4,8,10,13-14H,5-7H2;1H/t8-,10+;/m0./s1. The summed E-state index contributed by atoms with van der Waals surface area (Å²) in [5, 5.41) is 12.3. The van der Waals surface area contributed by atoms with Crippen LogP contribution in [-0.2, 0) is 0 Å². The Balaban J connectivity index is 0.00000112. The Morgan fingerprint density at radius 2 is 2.07 bits per heavy atom. The van der Waals surface area contributed by atoms with Gasteiger partial charge >= 0.3 is 0 Å². The van der Waals surface area contributed by atoms with Crippen LogP contribution in [0.25, 0.3) is 0 Å². The topological polar surface area (TPSA) is 32.3 Å². The first-order chi connectivity index (χ1) is 6.83. The van der Waals surface area contributed by atoms with Crippen LogP contribution in [0.4, 0.5) is 4.39 Å². The molecule has 0 radical (unpaired) electrons. The summed E-state index contributed by atoms with van der Waals surface area (Å²) in [5.41, 5.74) is 0.719. The lowest BCUT2D eigenvalue weighted by molar-refractivity contribution is 0.225. The predicted octanol–water partition coefficient (Wildman–Crippen LogP) is 1.54. The molecule has 0 amide bonds.